The first-order valence-corrected chi connectivity index (χ1v) is 8.58. The summed E-state index contributed by atoms with van der Waals surface area (Å²) < 4.78 is 12.9. The van der Waals surface area contributed by atoms with Gasteiger partial charge in [0.05, 0.1) is 0 Å². The topological polar surface area (TPSA) is 39.7 Å². The molecule has 4 nitrogen and oxygen atoms in total. The van der Waals surface area contributed by atoms with Crippen molar-refractivity contribution in [3.63, 3.8) is 0 Å². The first kappa shape index (κ1) is 21.2. The smallest absolute Gasteiger partial charge is 0.191 e. The van der Waals surface area contributed by atoms with Gasteiger partial charge >= 0.3 is 0 Å². The molecule has 0 aromatic heterocycles. The van der Waals surface area contributed by atoms with Gasteiger partial charge in [0.15, 0.2) is 5.96 Å². The molecule has 1 aromatic rings. The number of halogens is 2. The molecule has 1 fully saturated rings. The summed E-state index contributed by atoms with van der Waals surface area (Å²) in [6, 6.07) is 6.53. The Morgan fingerprint density at radius 3 is 2.46 bits per heavy atom. The van der Waals surface area contributed by atoms with Crippen molar-refractivity contribution in [3.8, 4) is 0 Å². The van der Waals surface area contributed by atoms with Crippen molar-refractivity contribution in [1.29, 1.82) is 0 Å². The molecule has 136 valence electrons. The number of aliphatic imine (C=N–C) groups is 1. The van der Waals surface area contributed by atoms with Crippen molar-refractivity contribution < 1.29 is 4.39 Å². The van der Waals surface area contributed by atoms with Gasteiger partial charge in [0.1, 0.15) is 5.82 Å². The van der Waals surface area contributed by atoms with Gasteiger partial charge in [-0.25, -0.2) is 4.39 Å². The molecule has 0 radical (unpaired) electrons. The molecule has 2 N–H and O–H groups in total. The quantitative estimate of drug-likeness (QED) is 0.399. The van der Waals surface area contributed by atoms with Gasteiger partial charge in [-0.2, -0.15) is 0 Å². The van der Waals surface area contributed by atoms with E-state index in [1.807, 2.05) is 0 Å². The van der Waals surface area contributed by atoms with E-state index in [-0.39, 0.29) is 29.8 Å². The molecule has 1 saturated heterocycles. The molecule has 24 heavy (non-hydrogen) atoms. The second-order valence-electron chi connectivity index (χ2n) is 6.40. The number of hydrogen-bond acceptors (Lipinski definition) is 2. The van der Waals surface area contributed by atoms with Crippen molar-refractivity contribution in [2.24, 2.45) is 10.9 Å². The Labute approximate surface area is 162 Å². The number of guanidine groups is 1. The molecule has 2 rings (SSSR count). The van der Waals surface area contributed by atoms with Crippen LogP contribution in [0, 0.1) is 11.7 Å². The van der Waals surface area contributed by atoms with Crippen LogP contribution in [0.5, 0.6) is 0 Å². The summed E-state index contributed by atoms with van der Waals surface area (Å²) in [5.74, 6) is 1.17. The van der Waals surface area contributed by atoms with E-state index < -0.39 is 0 Å². The standard InChI is InChI=1S/C18H29FN4.HI/c1-15(14-23-10-4-3-5-11-23)12-21-18(20-2)22-13-16-6-8-17(19)9-7-16;/h6-9,15H,3-5,10-14H2,1-2H3,(H2,20,21,22);1H. The minimum atomic E-state index is -0.206. The van der Waals surface area contributed by atoms with Gasteiger partial charge < -0.3 is 15.5 Å². The molecule has 1 atom stereocenters. The normalized spacial score (nSPS) is 17.0. The van der Waals surface area contributed by atoms with E-state index in [0.29, 0.717) is 12.5 Å². The Morgan fingerprint density at radius 1 is 1.17 bits per heavy atom. The fourth-order valence-electron chi connectivity index (χ4n) is 2.93. The molecule has 0 saturated carbocycles. The molecule has 1 aliphatic heterocycles. The monoisotopic (exact) mass is 448 g/mol. The average molecular weight is 448 g/mol. The molecule has 6 heteroatoms. The van der Waals surface area contributed by atoms with Crippen molar-refractivity contribution in [2.45, 2.75) is 32.7 Å². The van der Waals surface area contributed by atoms with Crippen molar-refractivity contribution in [3.05, 3.63) is 35.6 Å². The number of nitrogens with one attached hydrogen (secondary N) is 2. The largest absolute Gasteiger partial charge is 0.356 e. The van der Waals surface area contributed by atoms with Crippen LogP contribution in [0.25, 0.3) is 0 Å². The van der Waals surface area contributed by atoms with E-state index in [1.165, 1.54) is 44.5 Å². The minimum absolute atomic E-state index is 0. The first-order chi connectivity index (χ1) is 11.2. The van der Waals surface area contributed by atoms with E-state index in [0.717, 1.165) is 24.6 Å². The lowest BCUT2D eigenvalue weighted by molar-refractivity contribution is 0.201. The highest BCUT2D eigenvalue weighted by atomic mass is 127. The number of likely N-dealkylation sites (tertiary alicyclic amines) is 1. The Morgan fingerprint density at radius 2 is 1.83 bits per heavy atom. The Kier molecular flexibility index (Phi) is 10.2. The third kappa shape index (κ3) is 7.79. The maximum absolute atomic E-state index is 12.9. The fourth-order valence-corrected chi connectivity index (χ4v) is 2.93. The third-order valence-electron chi connectivity index (χ3n) is 4.23. The van der Waals surface area contributed by atoms with Crippen molar-refractivity contribution in [1.82, 2.24) is 15.5 Å². The SMILES string of the molecule is CN=C(NCc1ccc(F)cc1)NCC(C)CN1CCCCC1.I. The summed E-state index contributed by atoms with van der Waals surface area (Å²) in [5.41, 5.74) is 1.04. The Hall–Kier alpha value is -0.890. The summed E-state index contributed by atoms with van der Waals surface area (Å²) in [6.45, 7) is 7.43. The van der Waals surface area contributed by atoms with Crippen LogP contribution in [0.15, 0.2) is 29.3 Å². The van der Waals surface area contributed by atoms with E-state index in [1.54, 1.807) is 19.2 Å². The van der Waals surface area contributed by atoms with Crippen LogP contribution >= 0.6 is 24.0 Å². The molecular formula is C18H30FIN4. The van der Waals surface area contributed by atoms with Crippen molar-refractivity contribution >= 4 is 29.9 Å². The summed E-state index contributed by atoms with van der Waals surface area (Å²) in [6.07, 6.45) is 4.05. The summed E-state index contributed by atoms with van der Waals surface area (Å²) >= 11 is 0. The predicted octanol–water partition coefficient (Wildman–Crippen LogP) is 3.23. The Balaban J connectivity index is 0.00000288. The number of rotatable bonds is 6. The average Bonchev–Trinajstić information content (AvgIpc) is 2.57. The molecule has 0 bridgehead atoms. The molecule has 0 amide bonds. The molecule has 0 aliphatic carbocycles. The van der Waals surface area contributed by atoms with E-state index in [2.05, 4.69) is 27.4 Å². The fraction of sp³-hybridized carbons (Fsp3) is 0.611. The maximum Gasteiger partial charge on any atom is 0.191 e. The zero-order chi connectivity index (χ0) is 16.5. The van der Waals surface area contributed by atoms with E-state index >= 15 is 0 Å². The number of hydrogen-bond donors (Lipinski definition) is 2. The minimum Gasteiger partial charge on any atom is -0.356 e. The van der Waals surface area contributed by atoms with Crippen LogP contribution in [0.4, 0.5) is 4.39 Å². The van der Waals surface area contributed by atoms with E-state index in [4.69, 9.17) is 0 Å². The number of benzene rings is 1. The molecule has 0 spiro atoms. The number of piperidine rings is 1. The summed E-state index contributed by atoms with van der Waals surface area (Å²) in [5, 5.41) is 6.65. The predicted molar refractivity (Wildman–Crippen MR) is 109 cm³/mol. The summed E-state index contributed by atoms with van der Waals surface area (Å²) in [7, 11) is 1.77. The van der Waals surface area contributed by atoms with Gasteiger partial charge in [-0.1, -0.05) is 25.5 Å². The van der Waals surface area contributed by atoms with Crippen LogP contribution in [0.3, 0.4) is 0 Å². The van der Waals surface area contributed by atoms with Gasteiger partial charge in [-0.05, 0) is 49.5 Å². The lowest BCUT2D eigenvalue weighted by Crippen LogP contribution is -2.42. The first-order valence-electron chi connectivity index (χ1n) is 8.58. The lowest BCUT2D eigenvalue weighted by atomic mass is 10.1. The van der Waals surface area contributed by atoms with Gasteiger partial charge in [0.25, 0.3) is 0 Å². The second-order valence-corrected chi connectivity index (χ2v) is 6.40. The zero-order valence-electron chi connectivity index (χ0n) is 14.7. The highest BCUT2D eigenvalue weighted by Crippen LogP contribution is 2.10. The second kappa shape index (κ2) is 11.6. The maximum atomic E-state index is 12.9. The van der Waals surface area contributed by atoms with Gasteiger partial charge in [0, 0.05) is 26.7 Å². The molecule has 1 aromatic carbocycles. The number of nitrogens with zero attached hydrogens (tertiary/aromatic N) is 2. The van der Waals surface area contributed by atoms with E-state index in [9.17, 15) is 4.39 Å². The van der Waals surface area contributed by atoms with Crippen LogP contribution < -0.4 is 10.6 Å². The van der Waals surface area contributed by atoms with Crippen LogP contribution in [0.1, 0.15) is 31.7 Å². The molecule has 1 aliphatic rings. The molecule has 1 unspecified atom stereocenters. The van der Waals surface area contributed by atoms with Crippen LogP contribution in [0.2, 0.25) is 0 Å². The van der Waals surface area contributed by atoms with Gasteiger partial charge in [-0.15, -0.1) is 24.0 Å². The van der Waals surface area contributed by atoms with Crippen LogP contribution in [-0.2, 0) is 6.54 Å². The highest BCUT2D eigenvalue weighted by molar-refractivity contribution is 14.0. The molecule has 1 heterocycles. The molecular weight excluding hydrogens is 418 g/mol. The highest BCUT2D eigenvalue weighted by Gasteiger charge is 2.13. The van der Waals surface area contributed by atoms with Crippen LogP contribution in [-0.4, -0.2) is 44.1 Å². The lowest BCUT2D eigenvalue weighted by Gasteiger charge is -2.29. The zero-order valence-corrected chi connectivity index (χ0v) is 17.1. The van der Waals surface area contributed by atoms with Gasteiger partial charge in [-0.3, -0.25) is 4.99 Å². The summed E-state index contributed by atoms with van der Waals surface area (Å²) in [4.78, 5) is 6.81. The Bertz CT molecular complexity index is 486. The third-order valence-corrected chi connectivity index (χ3v) is 4.23. The van der Waals surface area contributed by atoms with Crippen molar-refractivity contribution in [2.75, 3.05) is 33.2 Å². The van der Waals surface area contributed by atoms with Gasteiger partial charge in [0.2, 0.25) is 0 Å².